The van der Waals surface area contributed by atoms with Crippen LogP contribution in [-0.2, 0) is 0 Å². The van der Waals surface area contributed by atoms with E-state index in [0.717, 1.165) is 0 Å². The Morgan fingerprint density at radius 1 is 1.31 bits per heavy atom. The van der Waals surface area contributed by atoms with Crippen molar-refractivity contribution in [3.8, 4) is 5.75 Å². The zero-order valence-electron chi connectivity index (χ0n) is 8.35. The summed E-state index contributed by atoms with van der Waals surface area (Å²) in [5.41, 5.74) is 0. The van der Waals surface area contributed by atoms with Gasteiger partial charge in [-0.2, -0.15) is 0 Å². The first-order valence-electron chi connectivity index (χ1n) is 4.71. The van der Waals surface area contributed by atoms with E-state index in [4.69, 9.17) is 20.8 Å². The van der Waals surface area contributed by atoms with Gasteiger partial charge in [0.1, 0.15) is 5.75 Å². The summed E-state index contributed by atoms with van der Waals surface area (Å²) in [5.74, 6) is 0.652. The Hall–Kier alpha value is -1.74. The van der Waals surface area contributed by atoms with Gasteiger partial charge in [-0.1, -0.05) is 17.7 Å². The molecular weight excluding hydrogens is 228 g/mol. The standard InChI is InChI=1S/C12H9ClO3/c13-9-3-1-4-10(7-9)16-8-11(14)12-5-2-6-15-12/h1-7H,8H2. The number of Topliss-reactive ketones (excluding diaryl/α,β-unsaturated/α-hetero) is 1. The molecule has 82 valence electrons. The maximum absolute atomic E-state index is 11.5. The zero-order chi connectivity index (χ0) is 11.4. The Morgan fingerprint density at radius 2 is 2.19 bits per heavy atom. The van der Waals surface area contributed by atoms with E-state index in [1.54, 1.807) is 36.4 Å². The first-order chi connectivity index (χ1) is 7.75. The molecule has 2 aromatic rings. The van der Waals surface area contributed by atoms with E-state index in [-0.39, 0.29) is 12.4 Å². The molecule has 4 heteroatoms. The van der Waals surface area contributed by atoms with Crippen LogP contribution in [0.5, 0.6) is 5.75 Å². The summed E-state index contributed by atoms with van der Waals surface area (Å²) < 4.78 is 10.2. The predicted octanol–water partition coefficient (Wildman–Crippen LogP) is 3.19. The molecule has 1 aromatic carbocycles. The molecule has 0 radical (unpaired) electrons. The highest BCUT2D eigenvalue weighted by Crippen LogP contribution is 2.17. The summed E-state index contributed by atoms with van der Waals surface area (Å²) >= 11 is 5.78. The van der Waals surface area contributed by atoms with Crippen molar-refractivity contribution < 1.29 is 13.9 Å². The molecule has 0 aliphatic rings. The second-order valence-corrected chi connectivity index (χ2v) is 3.58. The predicted molar refractivity (Wildman–Crippen MR) is 60.0 cm³/mol. The minimum absolute atomic E-state index is 0.0617. The average Bonchev–Trinajstić information content (AvgIpc) is 2.79. The van der Waals surface area contributed by atoms with Crippen LogP contribution in [0.2, 0.25) is 5.02 Å². The lowest BCUT2D eigenvalue weighted by Crippen LogP contribution is -2.10. The number of carbonyl (C=O) groups is 1. The van der Waals surface area contributed by atoms with E-state index in [1.807, 2.05) is 0 Å². The molecule has 0 unspecified atom stereocenters. The van der Waals surface area contributed by atoms with Crippen LogP contribution in [-0.4, -0.2) is 12.4 Å². The number of hydrogen-bond donors (Lipinski definition) is 0. The smallest absolute Gasteiger partial charge is 0.235 e. The van der Waals surface area contributed by atoms with Gasteiger partial charge < -0.3 is 9.15 Å². The lowest BCUT2D eigenvalue weighted by molar-refractivity contribution is 0.0894. The summed E-state index contributed by atoms with van der Waals surface area (Å²) in [6, 6.07) is 10.1. The molecule has 0 amide bonds. The molecule has 3 nitrogen and oxygen atoms in total. The van der Waals surface area contributed by atoms with Gasteiger partial charge in [0.25, 0.3) is 0 Å². The quantitative estimate of drug-likeness (QED) is 0.766. The first-order valence-corrected chi connectivity index (χ1v) is 5.08. The van der Waals surface area contributed by atoms with Gasteiger partial charge in [0.05, 0.1) is 6.26 Å². The minimum Gasteiger partial charge on any atom is -0.485 e. The van der Waals surface area contributed by atoms with Crippen molar-refractivity contribution in [1.29, 1.82) is 0 Å². The lowest BCUT2D eigenvalue weighted by atomic mass is 10.3. The van der Waals surface area contributed by atoms with Crippen molar-refractivity contribution in [3.63, 3.8) is 0 Å². The Balaban J connectivity index is 1.95. The molecule has 0 atom stereocenters. The van der Waals surface area contributed by atoms with Crippen LogP contribution in [0, 0.1) is 0 Å². The van der Waals surface area contributed by atoms with Gasteiger partial charge in [-0.15, -0.1) is 0 Å². The molecule has 0 saturated heterocycles. The minimum atomic E-state index is -0.204. The number of rotatable bonds is 4. The maximum atomic E-state index is 11.5. The van der Waals surface area contributed by atoms with E-state index in [1.165, 1.54) is 6.26 Å². The maximum Gasteiger partial charge on any atom is 0.235 e. The molecule has 1 heterocycles. The van der Waals surface area contributed by atoms with E-state index >= 15 is 0 Å². The lowest BCUT2D eigenvalue weighted by Gasteiger charge is -2.03. The van der Waals surface area contributed by atoms with E-state index < -0.39 is 0 Å². The summed E-state index contributed by atoms with van der Waals surface area (Å²) in [7, 11) is 0. The Morgan fingerprint density at radius 3 is 2.88 bits per heavy atom. The SMILES string of the molecule is O=C(COc1cccc(Cl)c1)c1ccco1. The summed E-state index contributed by atoms with van der Waals surface area (Å²) in [5, 5.41) is 0.572. The van der Waals surface area contributed by atoms with Gasteiger partial charge in [0.15, 0.2) is 12.4 Å². The molecular formula is C12H9ClO3. The van der Waals surface area contributed by atoms with Crippen LogP contribution in [0.4, 0.5) is 0 Å². The van der Waals surface area contributed by atoms with Crippen molar-refractivity contribution in [2.24, 2.45) is 0 Å². The van der Waals surface area contributed by atoms with Gasteiger partial charge in [-0.3, -0.25) is 4.79 Å². The summed E-state index contributed by atoms with van der Waals surface area (Å²) in [6.07, 6.45) is 1.45. The monoisotopic (exact) mass is 236 g/mol. The Bertz CT molecular complexity index is 477. The molecule has 0 aliphatic carbocycles. The third kappa shape index (κ3) is 2.64. The fourth-order valence-corrected chi connectivity index (χ4v) is 1.39. The van der Waals surface area contributed by atoms with E-state index in [9.17, 15) is 4.79 Å². The molecule has 1 aromatic heterocycles. The second kappa shape index (κ2) is 4.86. The fraction of sp³-hybridized carbons (Fsp3) is 0.0833. The van der Waals surface area contributed by atoms with Crippen molar-refractivity contribution in [3.05, 3.63) is 53.4 Å². The Labute approximate surface area is 97.6 Å². The average molecular weight is 237 g/mol. The third-order valence-corrected chi connectivity index (χ3v) is 2.20. The highest BCUT2D eigenvalue weighted by Gasteiger charge is 2.09. The van der Waals surface area contributed by atoms with Gasteiger partial charge in [-0.25, -0.2) is 0 Å². The van der Waals surface area contributed by atoms with Crippen LogP contribution in [0.25, 0.3) is 0 Å². The van der Waals surface area contributed by atoms with Crippen LogP contribution < -0.4 is 4.74 Å². The van der Waals surface area contributed by atoms with Crippen molar-refractivity contribution in [2.75, 3.05) is 6.61 Å². The number of furan rings is 1. The highest BCUT2D eigenvalue weighted by atomic mass is 35.5. The van der Waals surface area contributed by atoms with Gasteiger partial charge >= 0.3 is 0 Å². The second-order valence-electron chi connectivity index (χ2n) is 3.15. The molecule has 2 rings (SSSR count). The number of benzene rings is 1. The molecule has 16 heavy (non-hydrogen) atoms. The molecule has 0 bridgehead atoms. The summed E-state index contributed by atoms with van der Waals surface area (Å²) in [6.45, 7) is -0.0617. The molecule has 0 aliphatic heterocycles. The van der Waals surface area contributed by atoms with Crippen molar-refractivity contribution >= 4 is 17.4 Å². The van der Waals surface area contributed by atoms with Crippen molar-refractivity contribution in [1.82, 2.24) is 0 Å². The van der Waals surface area contributed by atoms with Crippen LogP contribution in [0.15, 0.2) is 47.1 Å². The topological polar surface area (TPSA) is 39.4 Å². The van der Waals surface area contributed by atoms with Crippen molar-refractivity contribution in [2.45, 2.75) is 0 Å². The zero-order valence-corrected chi connectivity index (χ0v) is 9.11. The largest absolute Gasteiger partial charge is 0.485 e. The Kier molecular flexibility index (Phi) is 3.27. The number of ether oxygens (including phenoxy) is 1. The van der Waals surface area contributed by atoms with Gasteiger partial charge in [-0.05, 0) is 30.3 Å². The number of halogens is 1. The van der Waals surface area contributed by atoms with Gasteiger partial charge in [0.2, 0.25) is 5.78 Å². The van der Waals surface area contributed by atoms with E-state index in [2.05, 4.69) is 0 Å². The highest BCUT2D eigenvalue weighted by molar-refractivity contribution is 6.30. The van der Waals surface area contributed by atoms with Crippen LogP contribution in [0.1, 0.15) is 10.6 Å². The van der Waals surface area contributed by atoms with E-state index in [0.29, 0.717) is 16.5 Å². The number of hydrogen-bond acceptors (Lipinski definition) is 3. The number of ketones is 1. The molecule has 0 saturated carbocycles. The number of carbonyl (C=O) groups excluding carboxylic acids is 1. The molecule has 0 N–H and O–H groups in total. The fourth-order valence-electron chi connectivity index (χ4n) is 1.21. The first kappa shape index (κ1) is 10.8. The molecule has 0 fully saturated rings. The molecule has 0 spiro atoms. The third-order valence-electron chi connectivity index (χ3n) is 1.96. The summed E-state index contributed by atoms with van der Waals surface area (Å²) in [4.78, 5) is 11.5. The van der Waals surface area contributed by atoms with Gasteiger partial charge in [0, 0.05) is 5.02 Å². The normalized spacial score (nSPS) is 10.1. The van der Waals surface area contributed by atoms with Crippen LogP contribution in [0.3, 0.4) is 0 Å². The van der Waals surface area contributed by atoms with Crippen LogP contribution >= 0.6 is 11.6 Å².